The van der Waals surface area contributed by atoms with Gasteiger partial charge < -0.3 is 5.32 Å². The minimum absolute atomic E-state index is 0.396. The fourth-order valence-electron chi connectivity index (χ4n) is 1.11. The molecule has 1 N–H and O–H groups in total. The summed E-state index contributed by atoms with van der Waals surface area (Å²) in [4.78, 5) is 14.2. The maximum atomic E-state index is 10.2. The van der Waals surface area contributed by atoms with E-state index >= 15 is 0 Å². The Labute approximate surface area is 90.7 Å². The van der Waals surface area contributed by atoms with Gasteiger partial charge in [-0.1, -0.05) is 17.7 Å². The zero-order chi connectivity index (χ0) is 10.7. The molecule has 1 amide bonds. The molecule has 0 saturated heterocycles. The molecule has 0 aromatic carbocycles. The van der Waals surface area contributed by atoms with E-state index in [1.165, 1.54) is 4.68 Å². The Bertz CT molecular complexity index is 482. The molecule has 0 aliphatic carbocycles. The highest BCUT2D eigenvalue weighted by Crippen LogP contribution is 2.10. The fourth-order valence-corrected chi connectivity index (χ4v) is 1.27. The van der Waals surface area contributed by atoms with Gasteiger partial charge in [0.05, 0.1) is 0 Å². The molecule has 0 unspecified atom stereocenters. The minimum Gasteiger partial charge on any atom is -0.312 e. The number of pyridine rings is 1. The number of carbonyl (C=O) groups is 1. The van der Waals surface area contributed by atoms with Gasteiger partial charge in [-0.05, 0) is 12.1 Å². The normalized spacial score (nSPS) is 9.93. The number of carbonyl (C=O) groups excluding carboxylic acids is 1. The lowest BCUT2D eigenvalue weighted by molar-refractivity contribution is -0.105. The highest BCUT2D eigenvalue weighted by atomic mass is 35.5. The summed E-state index contributed by atoms with van der Waals surface area (Å²) in [6.07, 6.45) is 2.25. The van der Waals surface area contributed by atoms with Crippen molar-refractivity contribution in [2.75, 3.05) is 5.32 Å². The number of anilines is 1. The van der Waals surface area contributed by atoms with Crippen molar-refractivity contribution in [2.24, 2.45) is 0 Å². The van der Waals surface area contributed by atoms with Crippen LogP contribution in [0.25, 0.3) is 5.82 Å². The Balaban J connectivity index is 2.32. The monoisotopic (exact) mass is 222 g/mol. The number of halogens is 1. The molecule has 0 spiro atoms. The molecule has 0 atom stereocenters. The lowest BCUT2D eigenvalue weighted by Crippen LogP contribution is -2.00. The summed E-state index contributed by atoms with van der Waals surface area (Å²) < 4.78 is 1.53. The quantitative estimate of drug-likeness (QED) is 0.632. The van der Waals surface area contributed by atoms with Crippen molar-refractivity contribution in [3.8, 4) is 5.82 Å². The van der Waals surface area contributed by atoms with Crippen molar-refractivity contribution >= 4 is 23.8 Å². The average molecular weight is 223 g/mol. The van der Waals surface area contributed by atoms with Crippen molar-refractivity contribution in [1.82, 2.24) is 14.8 Å². The minimum atomic E-state index is 0.396. The van der Waals surface area contributed by atoms with E-state index in [0.717, 1.165) is 0 Å². The predicted molar refractivity (Wildman–Crippen MR) is 56.1 cm³/mol. The molecule has 6 heteroatoms. The summed E-state index contributed by atoms with van der Waals surface area (Å²) >= 11 is 5.74. The molecule has 0 saturated carbocycles. The van der Waals surface area contributed by atoms with Gasteiger partial charge in [-0.15, -0.1) is 5.10 Å². The number of hydrogen-bond acceptors (Lipinski definition) is 3. The molecule has 0 fully saturated rings. The van der Waals surface area contributed by atoms with Crippen LogP contribution in [-0.4, -0.2) is 21.2 Å². The Kier molecular flexibility index (Phi) is 2.64. The number of aromatic nitrogens is 3. The first-order chi connectivity index (χ1) is 7.29. The molecular weight excluding hydrogens is 216 g/mol. The first-order valence-electron chi connectivity index (χ1n) is 4.18. The molecule has 0 aliphatic heterocycles. The van der Waals surface area contributed by atoms with Crippen LogP contribution in [0.15, 0.2) is 30.5 Å². The average Bonchev–Trinajstić information content (AvgIpc) is 2.67. The van der Waals surface area contributed by atoms with Gasteiger partial charge in [0.2, 0.25) is 6.41 Å². The number of rotatable bonds is 3. The summed E-state index contributed by atoms with van der Waals surface area (Å²) in [5.74, 6) is 1.06. The van der Waals surface area contributed by atoms with Crippen LogP contribution >= 0.6 is 11.6 Å². The number of hydrogen-bond donors (Lipinski definition) is 1. The topological polar surface area (TPSA) is 59.8 Å². The maximum absolute atomic E-state index is 10.2. The van der Waals surface area contributed by atoms with Crippen LogP contribution in [0.5, 0.6) is 0 Å². The molecule has 2 aromatic heterocycles. The fraction of sp³-hybridized carbons (Fsp3) is 0. The van der Waals surface area contributed by atoms with Gasteiger partial charge >= 0.3 is 0 Å². The Hall–Kier alpha value is -1.88. The Morgan fingerprint density at radius 3 is 3.00 bits per heavy atom. The van der Waals surface area contributed by atoms with Gasteiger partial charge in [-0.3, -0.25) is 4.79 Å². The lowest BCUT2D eigenvalue weighted by atomic mass is 10.5. The van der Waals surface area contributed by atoms with Crippen molar-refractivity contribution in [2.45, 2.75) is 0 Å². The molecule has 5 nitrogen and oxygen atoms in total. The third-order valence-electron chi connectivity index (χ3n) is 1.73. The molecule has 2 aromatic rings. The SMILES string of the molecule is O=CNc1ccn(-c2cccc(Cl)n2)n1. The van der Waals surface area contributed by atoms with Crippen molar-refractivity contribution in [1.29, 1.82) is 0 Å². The smallest absolute Gasteiger partial charge is 0.212 e. The van der Waals surface area contributed by atoms with Gasteiger partial charge in [0.15, 0.2) is 11.6 Å². The molecule has 2 rings (SSSR count). The van der Waals surface area contributed by atoms with E-state index in [9.17, 15) is 4.79 Å². The van der Waals surface area contributed by atoms with E-state index in [4.69, 9.17) is 11.6 Å². The Morgan fingerprint density at radius 2 is 2.27 bits per heavy atom. The van der Waals surface area contributed by atoms with E-state index in [0.29, 0.717) is 23.2 Å². The Morgan fingerprint density at radius 1 is 1.40 bits per heavy atom. The summed E-state index contributed by atoms with van der Waals surface area (Å²) in [6, 6.07) is 6.89. The molecular formula is C9H7ClN4O. The standard InChI is InChI=1S/C9H7ClN4O/c10-7-2-1-3-9(12-7)14-5-4-8(13-14)11-6-15/h1-6H,(H,11,13,15). The van der Waals surface area contributed by atoms with E-state index < -0.39 is 0 Å². The van der Waals surface area contributed by atoms with E-state index in [2.05, 4.69) is 15.4 Å². The van der Waals surface area contributed by atoms with Crippen LogP contribution in [0.2, 0.25) is 5.15 Å². The van der Waals surface area contributed by atoms with Crippen LogP contribution in [0.1, 0.15) is 0 Å². The third kappa shape index (κ3) is 2.13. The second-order valence-electron chi connectivity index (χ2n) is 2.73. The van der Waals surface area contributed by atoms with Crippen molar-refractivity contribution in [3.05, 3.63) is 35.6 Å². The zero-order valence-corrected chi connectivity index (χ0v) is 8.35. The first kappa shape index (κ1) is 9.67. The van der Waals surface area contributed by atoms with Gasteiger partial charge in [0, 0.05) is 12.3 Å². The summed E-state index contributed by atoms with van der Waals surface area (Å²) in [5, 5.41) is 6.90. The van der Waals surface area contributed by atoms with Crippen molar-refractivity contribution in [3.63, 3.8) is 0 Å². The van der Waals surface area contributed by atoms with E-state index in [1.54, 1.807) is 30.5 Å². The van der Waals surface area contributed by atoms with Gasteiger partial charge in [-0.25, -0.2) is 9.67 Å². The van der Waals surface area contributed by atoms with Crippen molar-refractivity contribution < 1.29 is 4.79 Å². The largest absolute Gasteiger partial charge is 0.312 e. The van der Waals surface area contributed by atoms with Crippen LogP contribution in [0.3, 0.4) is 0 Å². The lowest BCUT2D eigenvalue weighted by Gasteiger charge is -1.99. The summed E-state index contributed by atoms with van der Waals surface area (Å²) in [7, 11) is 0. The molecule has 15 heavy (non-hydrogen) atoms. The van der Waals surface area contributed by atoms with Gasteiger partial charge in [-0.2, -0.15) is 0 Å². The molecule has 0 radical (unpaired) electrons. The highest BCUT2D eigenvalue weighted by molar-refractivity contribution is 6.29. The van der Waals surface area contributed by atoms with Crippen LogP contribution in [0, 0.1) is 0 Å². The molecule has 0 aliphatic rings. The van der Waals surface area contributed by atoms with Crippen LogP contribution < -0.4 is 5.32 Å². The van der Waals surface area contributed by atoms with E-state index in [1.807, 2.05) is 0 Å². The van der Waals surface area contributed by atoms with E-state index in [-0.39, 0.29) is 0 Å². The zero-order valence-electron chi connectivity index (χ0n) is 7.59. The van der Waals surface area contributed by atoms with Crippen LogP contribution in [0.4, 0.5) is 5.82 Å². The summed E-state index contributed by atoms with van der Waals surface area (Å²) in [5.41, 5.74) is 0. The number of amides is 1. The third-order valence-corrected chi connectivity index (χ3v) is 1.94. The molecule has 2 heterocycles. The van der Waals surface area contributed by atoms with Gasteiger partial charge in [0.25, 0.3) is 0 Å². The first-order valence-corrected chi connectivity index (χ1v) is 4.56. The highest BCUT2D eigenvalue weighted by Gasteiger charge is 2.01. The predicted octanol–water partition coefficient (Wildman–Crippen LogP) is 1.49. The molecule has 0 bridgehead atoms. The maximum Gasteiger partial charge on any atom is 0.212 e. The second kappa shape index (κ2) is 4.10. The molecule has 76 valence electrons. The van der Waals surface area contributed by atoms with Crippen LogP contribution in [-0.2, 0) is 4.79 Å². The number of nitrogens with zero attached hydrogens (tertiary/aromatic N) is 3. The second-order valence-corrected chi connectivity index (χ2v) is 3.11. The summed E-state index contributed by atoms with van der Waals surface area (Å²) in [6.45, 7) is 0. The number of nitrogens with one attached hydrogen (secondary N) is 1. The van der Waals surface area contributed by atoms with Gasteiger partial charge in [0.1, 0.15) is 5.15 Å².